The Morgan fingerprint density at radius 2 is 2.27 bits per heavy atom. The number of hydrogen-bond acceptors (Lipinski definition) is 4. The number of guanidine groups is 1. The molecule has 3 aromatic rings. The SMILES string of the molecule is CCNC(=NCc1oc2ccc(F)cc2c1C)NC1CCCN(c2cnn(C)c2)C1. The van der Waals surface area contributed by atoms with Gasteiger partial charge in [-0.3, -0.25) is 4.68 Å². The number of aliphatic imine (C=N–C) groups is 1. The second-order valence-corrected chi connectivity index (χ2v) is 7.79. The van der Waals surface area contributed by atoms with E-state index in [1.165, 1.54) is 12.1 Å². The Kier molecular flexibility index (Phi) is 5.92. The fraction of sp³-hybridized carbons (Fsp3) is 0.455. The van der Waals surface area contributed by atoms with Crippen molar-refractivity contribution in [2.24, 2.45) is 12.0 Å². The first-order valence-electron chi connectivity index (χ1n) is 10.5. The molecule has 7 nitrogen and oxygen atoms in total. The van der Waals surface area contributed by atoms with E-state index in [9.17, 15) is 4.39 Å². The lowest BCUT2D eigenvalue weighted by molar-refractivity contribution is 0.467. The molecule has 0 radical (unpaired) electrons. The molecule has 1 saturated heterocycles. The van der Waals surface area contributed by atoms with Gasteiger partial charge in [0.25, 0.3) is 0 Å². The Hall–Kier alpha value is -3.03. The van der Waals surface area contributed by atoms with Crippen LogP contribution in [0.3, 0.4) is 0 Å². The zero-order valence-electron chi connectivity index (χ0n) is 17.8. The first kappa shape index (κ1) is 20.3. The standard InChI is InChI=1S/C22H29FN6O/c1-4-24-22(25-12-21-15(2)19-10-16(23)7-8-20(19)30-21)27-17-6-5-9-29(13-17)18-11-26-28(3)14-18/h7-8,10-11,14,17H,4-6,9,12-13H2,1-3H3,(H2,24,25,27). The zero-order valence-corrected chi connectivity index (χ0v) is 17.8. The quantitative estimate of drug-likeness (QED) is 0.497. The first-order chi connectivity index (χ1) is 14.5. The van der Waals surface area contributed by atoms with Gasteiger partial charge in [-0.2, -0.15) is 5.10 Å². The maximum atomic E-state index is 13.6. The van der Waals surface area contributed by atoms with Crippen molar-refractivity contribution >= 4 is 22.6 Å². The van der Waals surface area contributed by atoms with E-state index in [0.717, 1.165) is 60.8 Å². The minimum Gasteiger partial charge on any atom is -0.459 e. The summed E-state index contributed by atoms with van der Waals surface area (Å²) in [5.74, 6) is 1.27. The molecular formula is C22H29FN6O. The molecule has 30 heavy (non-hydrogen) atoms. The van der Waals surface area contributed by atoms with E-state index >= 15 is 0 Å². The minimum atomic E-state index is -0.257. The van der Waals surface area contributed by atoms with E-state index in [1.807, 2.05) is 24.9 Å². The van der Waals surface area contributed by atoms with E-state index in [4.69, 9.17) is 9.41 Å². The van der Waals surface area contributed by atoms with Gasteiger partial charge in [0, 0.05) is 49.9 Å². The summed E-state index contributed by atoms with van der Waals surface area (Å²) >= 11 is 0. The van der Waals surface area contributed by atoms with Crippen molar-refractivity contribution < 1.29 is 8.81 Å². The van der Waals surface area contributed by atoms with Crippen molar-refractivity contribution in [2.75, 3.05) is 24.5 Å². The minimum absolute atomic E-state index is 0.257. The van der Waals surface area contributed by atoms with Gasteiger partial charge in [-0.1, -0.05) is 0 Å². The third-order valence-corrected chi connectivity index (χ3v) is 5.54. The Morgan fingerprint density at radius 1 is 1.40 bits per heavy atom. The van der Waals surface area contributed by atoms with Gasteiger partial charge >= 0.3 is 0 Å². The number of nitrogens with one attached hydrogen (secondary N) is 2. The number of halogens is 1. The first-order valence-corrected chi connectivity index (χ1v) is 10.5. The van der Waals surface area contributed by atoms with Crippen LogP contribution in [0.4, 0.5) is 10.1 Å². The van der Waals surface area contributed by atoms with Crippen LogP contribution in [0.15, 0.2) is 40.0 Å². The predicted octanol–water partition coefficient (Wildman–Crippen LogP) is 3.34. The summed E-state index contributed by atoms with van der Waals surface area (Å²) < 4.78 is 21.3. The van der Waals surface area contributed by atoms with Crippen LogP contribution in [0.2, 0.25) is 0 Å². The molecule has 2 N–H and O–H groups in total. The topological polar surface area (TPSA) is 70.6 Å². The highest BCUT2D eigenvalue weighted by molar-refractivity contribution is 5.83. The number of fused-ring (bicyclic) bond motifs is 1. The number of furan rings is 1. The third kappa shape index (κ3) is 4.42. The number of hydrogen-bond donors (Lipinski definition) is 2. The maximum absolute atomic E-state index is 13.6. The van der Waals surface area contributed by atoms with Crippen molar-refractivity contribution in [1.82, 2.24) is 20.4 Å². The molecule has 0 saturated carbocycles. The molecule has 1 aliphatic heterocycles. The van der Waals surface area contributed by atoms with E-state index in [2.05, 4.69) is 33.8 Å². The number of nitrogens with zero attached hydrogens (tertiary/aromatic N) is 4. The van der Waals surface area contributed by atoms with Crippen molar-refractivity contribution in [3.8, 4) is 0 Å². The molecule has 0 aliphatic carbocycles. The second-order valence-electron chi connectivity index (χ2n) is 7.79. The highest BCUT2D eigenvalue weighted by Crippen LogP contribution is 2.26. The van der Waals surface area contributed by atoms with Crippen LogP contribution >= 0.6 is 0 Å². The lowest BCUT2D eigenvalue weighted by Gasteiger charge is -2.34. The van der Waals surface area contributed by atoms with E-state index in [-0.39, 0.29) is 5.82 Å². The Balaban J connectivity index is 1.45. The highest BCUT2D eigenvalue weighted by atomic mass is 19.1. The Labute approximate surface area is 176 Å². The molecule has 1 aliphatic rings. The molecule has 0 amide bonds. The number of piperidine rings is 1. The monoisotopic (exact) mass is 412 g/mol. The third-order valence-electron chi connectivity index (χ3n) is 5.54. The number of anilines is 1. The van der Waals surface area contributed by atoms with Crippen LogP contribution < -0.4 is 15.5 Å². The highest BCUT2D eigenvalue weighted by Gasteiger charge is 2.22. The molecule has 1 fully saturated rings. The summed E-state index contributed by atoms with van der Waals surface area (Å²) in [5.41, 5.74) is 2.78. The summed E-state index contributed by atoms with van der Waals surface area (Å²) in [6.07, 6.45) is 6.16. The van der Waals surface area contributed by atoms with Crippen molar-refractivity contribution in [2.45, 2.75) is 39.3 Å². The molecule has 160 valence electrons. The summed E-state index contributed by atoms with van der Waals surface area (Å²) in [6, 6.07) is 4.90. The smallest absolute Gasteiger partial charge is 0.191 e. The summed E-state index contributed by atoms with van der Waals surface area (Å²) in [5, 5.41) is 12.0. The van der Waals surface area contributed by atoms with E-state index < -0.39 is 0 Å². The van der Waals surface area contributed by atoms with E-state index in [0.29, 0.717) is 18.2 Å². The van der Waals surface area contributed by atoms with Gasteiger partial charge in [-0.25, -0.2) is 9.38 Å². The maximum Gasteiger partial charge on any atom is 0.191 e. The van der Waals surface area contributed by atoms with Gasteiger partial charge in [-0.15, -0.1) is 0 Å². The molecular weight excluding hydrogens is 383 g/mol. The van der Waals surface area contributed by atoms with Crippen LogP contribution in [0, 0.1) is 12.7 Å². The fourth-order valence-electron chi connectivity index (χ4n) is 3.96. The molecule has 1 atom stereocenters. The van der Waals surface area contributed by atoms with Gasteiger partial charge < -0.3 is 20.0 Å². The molecule has 8 heteroatoms. The molecule has 3 heterocycles. The van der Waals surface area contributed by atoms with Crippen molar-refractivity contribution in [3.05, 3.63) is 47.7 Å². The summed E-state index contributed by atoms with van der Waals surface area (Å²) in [6.45, 7) is 7.11. The van der Waals surface area contributed by atoms with Crippen LogP contribution in [0.25, 0.3) is 11.0 Å². The molecule has 1 unspecified atom stereocenters. The zero-order chi connectivity index (χ0) is 21.1. The number of rotatable bonds is 5. The Bertz CT molecular complexity index is 1040. The second kappa shape index (κ2) is 8.77. The van der Waals surface area contributed by atoms with Crippen molar-refractivity contribution in [1.29, 1.82) is 0 Å². The Morgan fingerprint density at radius 3 is 3.03 bits per heavy atom. The van der Waals surface area contributed by atoms with Crippen LogP contribution in [-0.2, 0) is 13.6 Å². The van der Waals surface area contributed by atoms with Crippen LogP contribution in [-0.4, -0.2) is 41.4 Å². The van der Waals surface area contributed by atoms with Crippen LogP contribution in [0.1, 0.15) is 31.1 Å². The largest absolute Gasteiger partial charge is 0.459 e. The van der Waals surface area contributed by atoms with Gasteiger partial charge in [0.1, 0.15) is 23.7 Å². The molecule has 4 rings (SSSR count). The average Bonchev–Trinajstić information content (AvgIpc) is 3.30. The lowest BCUT2D eigenvalue weighted by atomic mass is 10.1. The van der Waals surface area contributed by atoms with Gasteiger partial charge in [0.15, 0.2) is 5.96 Å². The van der Waals surface area contributed by atoms with Gasteiger partial charge in [-0.05, 0) is 44.9 Å². The summed E-state index contributed by atoms with van der Waals surface area (Å²) in [4.78, 5) is 7.09. The van der Waals surface area contributed by atoms with Gasteiger partial charge in [0.2, 0.25) is 0 Å². The molecule has 2 aromatic heterocycles. The molecule has 0 spiro atoms. The molecule has 0 bridgehead atoms. The average molecular weight is 413 g/mol. The normalized spacial score (nSPS) is 17.5. The van der Waals surface area contributed by atoms with Crippen molar-refractivity contribution in [3.63, 3.8) is 0 Å². The van der Waals surface area contributed by atoms with Crippen LogP contribution in [0.5, 0.6) is 0 Å². The number of aromatic nitrogens is 2. The van der Waals surface area contributed by atoms with Gasteiger partial charge in [0.05, 0.1) is 11.9 Å². The number of benzene rings is 1. The lowest BCUT2D eigenvalue weighted by Crippen LogP contribution is -2.51. The summed E-state index contributed by atoms with van der Waals surface area (Å²) in [7, 11) is 1.94. The molecule has 1 aromatic carbocycles. The predicted molar refractivity (Wildman–Crippen MR) is 117 cm³/mol. The van der Waals surface area contributed by atoms with E-state index in [1.54, 1.807) is 6.07 Å². The number of aryl methyl sites for hydroxylation is 2. The fourth-order valence-corrected chi connectivity index (χ4v) is 3.96.